The minimum absolute atomic E-state index is 0.127. The maximum Gasteiger partial charge on any atom is 0.416 e. The number of fused-ring (bicyclic) bond motifs is 1. The number of benzene rings is 2. The van der Waals surface area contributed by atoms with Crippen molar-refractivity contribution in [1.29, 1.82) is 5.53 Å². The van der Waals surface area contributed by atoms with Crippen LogP contribution in [0.25, 0.3) is 10.9 Å². The topological polar surface area (TPSA) is 79.5 Å². The summed E-state index contributed by atoms with van der Waals surface area (Å²) in [6, 6.07) is 12.5. The number of amidine groups is 1. The van der Waals surface area contributed by atoms with E-state index in [0.29, 0.717) is 17.7 Å². The highest BCUT2D eigenvalue weighted by Gasteiger charge is 2.30. The summed E-state index contributed by atoms with van der Waals surface area (Å²) >= 11 is 0. The Labute approximate surface area is 141 Å². The molecule has 2 aromatic carbocycles. The summed E-state index contributed by atoms with van der Waals surface area (Å²) in [4.78, 5) is 0. The van der Waals surface area contributed by atoms with Gasteiger partial charge in [-0.15, -0.1) is 5.10 Å². The largest absolute Gasteiger partial charge is 0.416 e. The maximum atomic E-state index is 12.8. The Morgan fingerprint density at radius 2 is 1.92 bits per heavy atom. The standard InChI is InChI=1S/C17H14F3N5/c18-17(19,20)14-3-1-2-11(8-14)10-25-7-6-12-9-13(4-5-15(12)25)16(21)23-24-22/h1-9H,10H2,(H3,21,22,23). The van der Waals surface area contributed by atoms with E-state index in [4.69, 9.17) is 11.3 Å². The summed E-state index contributed by atoms with van der Waals surface area (Å²) in [5.41, 5.74) is 13.8. The number of rotatable bonds is 4. The molecule has 1 aromatic heterocycles. The van der Waals surface area contributed by atoms with Gasteiger partial charge >= 0.3 is 6.18 Å². The van der Waals surface area contributed by atoms with Crippen LogP contribution in [0, 0.1) is 5.53 Å². The normalized spacial score (nSPS) is 12.5. The van der Waals surface area contributed by atoms with Gasteiger partial charge in [0.15, 0.2) is 5.84 Å². The molecule has 0 spiro atoms. The van der Waals surface area contributed by atoms with Gasteiger partial charge in [0.25, 0.3) is 0 Å². The second kappa shape index (κ2) is 6.39. The molecule has 0 aliphatic rings. The highest BCUT2D eigenvalue weighted by molar-refractivity contribution is 6.00. The molecule has 3 N–H and O–H groups in total. The fourth-order valence-electron chi connectivity index (χ4n) is 2.65. The molecule has 3 rings (SSSR count). The zero-order valence-corrected chi connectivity index (χ0v) is 13.0. The van der Waals surface area contributed by atoms with Gasteiger partial charge in [-0.25, -0.2) is 0 Å². The van der Waals surface area contributed by atoms with E-state index in [0.717, 1.165) is 23.0 Å². The summed E-state index contributed by atoms with van der Waals surface area (Å²) in [5, 5.41) is 7.25. The fraction of sp³-hybridized carbons (Fsp3) is 0.118. The average Bonchev–Trinajstić information content (AvgIpc) is 2.97. The number of alkyl halides is 3. The van der Waals surface area contributed by atoms with Crippen molar-refractivity contribution in [2.75, 3.05) is 0 Å². The van der Waals surface area contributed by atoms with Crippen molar-refractivity contribution in [3.63, 3.8) is 0 Å². The first-order chi connectivity index (χ1) is 11.9. The van der Waals surface area contributed by atoms with Crippen LogP contribution in [0.4, 0.5) is 13.2 Å². The van der Waals surface area contributed by atoms with Gasteiger partial charge in [-0.1, -0.05) is 17.4 Å². The lowest BCUT2D eigenvalue weighted by atomic mass is 10.1. The van der Waals surface area contributed by atoms with Crippen LogP contribution in [-0.4, -0.2) is 10.4 Å². The number of halogens is 3. The van der Waals surface area contributed by atoms with Crippen LogP contribution in [-0.2, 0) is 12.7 Å². The van der Waals surface area contributed by atoms with Crippen LogP contribution < -0.4 is 5.73 Å². The molecule has 8 heteroatoms. The summed E-state index contributed by atoms with van der Waals surface area (Å²) < 4.78 is 40.4. The first-order valence-corrected chi connectivity index (χ1v) is 7.34. The van der Waals surface area contributed by atoms with Gasteiger partial charge in [0.2, 0.25) is 0 Å². The molecule has 0 saturated heterocycles. The molecule has 0 aliphatic heterocycles. The van der Waals surface area contributed by atoms with Crippen LogP contribution in [0.5, 0.6) is 0 Å². The predicted molar refractivity (Wildman–Crippen MR) is 88.4 cm³/mol. The van der Waals surface area contributed by atoms with Gasteiger partial charge in [0.05, 0.1) is 5.56 Å². The Kier molecular flexibility index (Phi) is 4.26. The Morgan fingerprint density at radius 3 is 2.64 bits per heavy atom. The molecule has 0 unspecified atom stereocenters. The van der Waals surface area contributed by atoms with Gasteiger partial charge in [-0.05, 0) is 42.0 Å². The van der Waals surface area contributed by atoms with Crippen LogP contribution in [0.2, 0.25) is 0 Å². The molecular weight excluding hydrogens is 331 g/mol. The average molecular weight is 345 g/mol. The Morgan fingerprint density at radius 1 is 1.12 bits per heavy atom. The quantitative estimate of drug-likeness (QED) is 0.313. The number of nitrogens with two attached hydrogens (primary N) is 1. The van der Waals surface area contributed by atoms with E-state index < -0.39 is 11.7 Å². The molecule has 25 heavy (non-hydrogen) atoms. The summed E-state index contributed by atoms with van der Waals surface area (Å²) in [7, 11) is 0. The van der Waals surface area contributed by atoms with Crippen molar-refractivity contribution in [3.05, 3.63) is 71.4 Å². The first kappa shape index (κ1) is 16.7. The monoisotopic (exact) mass is 345 g/mol. The number of hydrogen-bond donors (Lipinski definition) is 2. The van der Waals surface area contributed by atoms with Crippen molar-refractivity contribution in [2.45, 2.75) is 12.7 Å². The Balaban J connectivity index is 1.93. The van der Waals surface area contributed by atoms with E-state index in [1.165, 1.54) is 6.07 Å². The molecule has 0 radical (unpaired) electrons. The zero-order valence-electron chi connectivity index (χ0n) is 13.0. The van der Waals surface area contributed by atoms with E-state index in [1.54, 1.807) is 24.4 Å². The summed E-state index contributed by atoms with van der Waals surface area (Å²) in [6.07, 6.45) is -2.56. The number of nitrogens with one attached hydrogen (secondary N) is 1. The van der Waals surface area contributed by atoms with Crippen molar-refractivity contribution >= 4 is 16.7 Å². The second-order valence-electron chi connectivity index (χ2n) is 5.50. The van der Waals surface area contributed by atoms with Gasteiger partial charge in [0.1, 0.15) is 0 Å². The van der Waals surface area contributed by atoms with Crippen molar-refractivity contribution in [2.24, 2.45) is 16.1 Å². The second-order valence-corrected chi connectivity index (χ2v) is 5.50. The van der Waals surface area contributed by atoms with E-state index in [2.05, 4.69) is 10.3 Å². The van der Waals surface area contributed by atoms with Crippen LogP contribution >= 0.6 is 0 Å². The minimum atomic E-state index is -4.36. The first-order valence-electron chi connectivity index (χ1n) is 7.34. The molecule has 1 heterocycles. The van der Waals surface area contributed by atoms with Crippen LogP contribution in [0.15, 0.2) is 65.1 Å². The zero-order chi connectivity index (χ0) is 18.0. The van der Waals surface area contributed by atoms with Gasteiger partial charge in [-0.2, -0.15) is 18.7 Å². The summed E-state index contributed by atoms with van der Waals surface area (Å²) in [6.45, 7) is 0.318. The number of aromatic nitrogens is 1. The van der Waals surface area contributed by atoms with Crippen molar-refractivity contribution in [1.82, 2.24) is 4.57 Å². The third kappa shape index (κ3) is 3.52. The third-order valence-corrected chi connectivity index (χ3v) is 3.83. The molecule has 0 bridgehead atoms. The lowest BCUT2D eigenvalue weighted by molar-refractivity contribution is -0.137. The SMILES string of the molecule is N=NN=C(N)c1ccc2c(ccn2Cc2cccc(C(F)(F)F)c2)c1. The smallest absolute Gasteiger partial charge is 0.382 e. The molecule has 128 valence electrons. The van der Waals surface area contributed by atoms with Gasteiger partial charge < -0.3 is 10.3 Å². The Bertz CT molecular complexity index is 956. The number of hydrogen-bond acceptors (Lipinski definition) is 2. The molecule has 0 saturated carbocycles. The van der Waals surface area contributed by atoms with Gasteiger partial charge in [0, 0.05) is 29.2 Å². The molecule has 3 aromatic rings. The molecule has 0 amide bonds. The van der Waals surface area contributed by atoms with Crippen LogP contribution in [0.1, 0.15) is 16.7 Å². The highest BCUT2D eigenvalue weighted by Crippen LogP contribution is 2.30. The van der Waals surface area contributed by atoms with E-state index in [-0.39, 0.29) is 5.84 Å². The van der Waals surface area contributed by atoms with E-state index in [9.17, 15) is 13.2 Å². The van der Waals surface area contributed by atoms with E-state index in [1.807, 2.05) is 16.7 Å². The third-order valence-electron chi connectivity index (χ3n) is 3.83. The lowest BCUT2D eigenvalue weighted by Gasteiger charge is -2.10. The Hall–Kier alpha value is -3.16. The predicted octanol–water partition coefficient (Wildman–Crippen LogP) is 4.36. The number of nitrogens with zero attached hydrogens (tertiary/aromatic N) is 3. The molecule has 0 atom stereocenters. The fourth-order valence-corrected chi connectivity index (χ4v) is 2.65. The molecule has 5 nitrogen and oxygen atoms in total. The van der Waals surface area contributed by atoms with Crippen molar-refractivity contribution in [3.8, 4) is 0 Å². The lowest BCUT2D eigenvalue weighted by Crippen LogP contribution is -2.12. The van der Waals surface area contributed by atoms with E-state index >= 15 is 0 Å². The van der Waals surface area contributed by atoms with Crippen LogP contribution in [0.3, 0.4) is 0 Å². The maximum absolute atomic E-state index is 12.8. The molecule has 0 fully saturated rings. The minimum Gasteiger partial charge on any atom is -0.382 e. The summed E-state index contributed by atoms with van der Waals surface area (Å²) in [5.74, 6) is 0.127. The van der Waals surface area contributed by atoms with Gasteiger partial charge in [-0.3, -0.25) is 0 Å². The molecular formula is C17H14F3N5. The molecule has 0 aliphatic carbocycles. The van der Waals surface area contributed by atoms with Crippen molar-refractivity contribution < 1.29 is 13.2 Å². The highest BCUT2D eigenvalue weighted by atomic mass is 19.4.